The lowest BCUT2D eigenvalue weighted by Gasteiger charge is -2.36. The van der Waals surface area contributed by atoms with Crippen LogP contribution in [0.5, 0.6) is 0 Å². The molecule has 0 aromatic heterocycles. The quantitative estimate of drug-likeness (QED) is 0.775. The lowest BCUT2D eigenvalue weighted by Crippen LogP contribution is -2.45. The van der Waals surface area contributed by atoms with Crippen LogP contribution in [-0.2, 0) is 10.3 Å². The molecule has 4 heteroatoms. The topological polar surface area (TPSA) is 29.5 Å². The predicted octanol–water partition coefficient (Wildman–Crippen LogP) is 4.07. The Bertz CT molecular complexity index is 492. The maximum Gasteiger partial charge on any atom is 0.411 e. The predicted molar refractivity (Wildman–Crippen MR) is 75.9 cm³/mol. The first-order chi connectivity index (χ1) is 9.22. The van der Waals surface area contributed by atoms with Crippen LogP contribution < -0.4 is 0 Å². The summed E-state index contributed by atoms with van der Waals surface area (Å²) in [7, 11) is 0. The molecule has 1 unspecified atom stereocenters. The Hall–Kier alpha value is -1.58. The molecule has 1 atom stereocenters. The van der Waals surface area contributed by atoms with Crippen molar-refractivity contribution in [3.63, 3.8) is 0 Å². The average Bonchev–Trinajstić information content (AvgIpc) is 2.71. The Balaban J connectivity index is 2.25. The van der Waals surface area contributed by atoms with Crippen LogP contribution in [0, 0.1) is 5.82 Å². The number of ether oxygens (including phenoxy) is 1. The van der Waals surface area contributed by atoms with Gasteiger partial charge in [-0.3, -0.25) is 4.90 Å². The standard InChI is InChI=1S/C16H22FNO2/c1-15(2,3)20-14(19)18-11-5-10-16(18,4)12-6-8-13(17)9-7-12/h6-9H,5,10-11H2,1-4H3. The zero-order valence-corrected chi connectivity index (χ0v) is 12.6. The van der Waals surface area contributed by atoms with Gasteiger partial charge in [-0.05, 0) is 58.2 Å². The van der Waals surface area contributed by atoms with Gasteiger partial charge in [0.1, 0.15) is 11.4 Å². The highest BCUT2D eigenvalue weighted by Crippen LogP contribution is 2.39. The van der Waals surface area contributed by atoms with Gasteiger partial charge in [0.2, 0.25) is 0 Å². The highest BCUT2D eigenvalue weighted by molar-refractivity contribution is 5.70. The molecule has 1 aliphatic heterocycles. The summed E-state index contributed by atoms with van der Waals surface area (Å²) in [5.41, 5.74) is 0.0154. The average molecular weight is 279 g/mol. The number of rotatable bonds is 1. The van der Waals surface area contributed by atoms with Gasteiger partial charge in [-0.25, -0.2) is 9.18 Å². The van der Waals surface area contributed by atoms with E-state index in [0.29, 0.717) is 6.54 Å². The van der Waals surface area contributed by atoms with E-state index in [1.54, 1.807) is 17.0 Å². The van der Waals surface area contributed by atoms with Crippen molar-refractivity contribution in [1.29, 1.82) is 0 Å². The molecule has 1 amide bonds. The summed E-state index contributed by atoms with van der Waals surface area (Å²) in [5, 5.41) is 0. The maximum absolute atomic E-state index is 13.1. The Labute approximate surface area is 119 Å². The highest BCUT2D eigenvalue weighted by Gasteiger charge is 2.42. The van der Waals surface area contributed by atoms with Gasteiger partial charge in [-0.15, -0.1) is 0 Å². The minimum atomic E-state index is -0.511. The normalized spacial score (nSPS) is 22.9. The summed E-state index contributed by atoms with van der Waals surface area (Å²) in [6.07, 6.45) is 1.48. The molecule has 0 saturated carbocycles. The molecule has 1 heterocycles. The van der Waals surface area contributed by atoms with Crippen molar-refractivity contribution >= 4 is 6.09 Å². The second-order valence-electron chi connectivity index (χ2n) is 6.52. The lowest BCUT2D eigenvalue weighted by molar-refractivity contribution is 0.00993. The number of carbonyl (C=O) groups is 1. The highest BCUT2D eigenvalue weighted by atomic mass is 19.1. The van der Waals surface area contributed by atoms with E-state index >= 15 is 0 Å². The van der Waals surface area contributed by atoms with Crippen LogP contribution in [0.25, 0.3) is 0 Å². The van der Waals surface area contributed by atoms with E-state index in [-0.39, 0.29) is 11.9 Å². The fraction of sp³-hybridized carbons (Fsp3) is 0.562. The number of benzene rings is 1. The molecule has 0 bridgehead atoms. The number of likely N-dealkylation sites (tertiary alicyclic amines) is 1. The van der Waals surface area contributed by atoms with Gasteiger partial charge in [-0.1, -0.05) is 12.1 Å². The Morgan fingerprint density at radius 2 is 1.90 bits per heavy atom. The summed E-state index contributed by atoms with van der Waals surface area (Å²) >= 11 is 0. The van der Waals surface area contributed by atoms with E-state index in [0.717, 1.165) is 18.4 Å². The third-order valence-electron chi connectivity index (χ3n) is 3.72. The molecule has 1 aliphatic rings. The van der Waals surface area contributed by atoms with Crippen molar-refractivity contribution < 1.29 is 13.9 Å². The Morgan fingerprint density at radius 3 is 2.45 bits per heavy atom. The summed E-state index contributed by atoms with van der Waals surface area (Å²) in [4.78, 5) is 14.1. The molecule has 1 saturated heterocycles. The van der Waals surface area contributed by atoms with Gasteiger partial charge in [0.05, 0.1) is 5.54 Å². The first-order valence-electron chi connectivity index (χ1n) is 6.99. The summed E-state index contributed by atoms with van der Waals surface area (Å²) < 4.78 is 18.5. The number of carbonyl (C=O) groups excluding carboxylic acids is 1. The molecule has 1 aromatic carbocycles. The molecule has 20 heavy (non-hydrogen) atoms. The van der Waals surface area contributed by atoms with Gasteiger partial charge in [0.25, 0.3) is 0 Å². The molecule has 0 radical (unpaired) electrons. The fourth-order valence-electron chi connectivity index (χ4n) is 2.68. The second-order valence-corrected chi connectivity index (χ2v) is 6.52. The van der Waals surface area contributed by atoms with E-state index in [1.165, 1.54) is 12.1 Å². The van der Waals surface area contributed by atoms with Gasteiger partial charge in [0, 0.05) is 6.54 Å². The van der Waals surface area contributed by atoms with Gasteiger partial charge >= 0.3 is 6.09 Å². The van der Waals surface area contributed by atoms with Crippen LogP contribution >= 0.6 is 0 Å². The number of hydrogen-bond acceptors (Lipinski definition) is 2. The van der Waals surface area contributed by atoms with Gasteiger partial charge < -0.3 is 4.74 Å². The Kier molecular flexibility index (Phi) is 3.76. The smallest absolute Gasteiger partial charge is 0.411 e. The van der Waals surface area contributed by atoms with Crippen LogP contribution in [0.1, 0.15) is 46.1 Å². The fourth-order valence-corrected chi connectivity index (χ4v) is 2.68. The maximum atomic E-state index is 13.1. The van der Waals surface area contributed by atoms with Crippen molar-refractivity contribution in [2.45, 2.75) is 51.7 Å². The summed E-state index contributed by atoms with van der Waals surface area (Å²) in [6.45, 7) is 8.25. The van der Waals surface area contributed by atoms with Gasteiger partial charge in [-0.2, -0.15) is 0 Å². The van der Waals surface area contributed by atoms with E-state index in [4.69, 9.17) is 4.74 Å². The lowest BCUT2D eigenvalue weighted by atomic mass is 9.89. The van der Waals surface area contributed by atoms with Crippen LogP contribution in [0.3, 0.4) is 0 Å². The third-order valence-corrected chi connectivity index (χ3v) is 3.72. The molecule has 0 aliphatic carbocycles. The summed E-state index contributed by atoms with van der Waals surface area (Å²) in [6, 6.07) is 6.37. The zero-order chi connectivity index (χ0) is 15.0. The number of amides is 1. The molecule has 1 fully saturated rings. The number of halogens is 1. The first-order valence-corrected chi connectivity index (χ1v) is 6.99. The van der Waals surface area contributed by atoms with E-state index in [2.05, 4.69) is 0 Å². The van der Waals surface area contributed by atoms with Crippen molar-refractivity contribution in [2.24, 2.45) is 0 Å². The van der Waals surface area contributed by atoms with Crippen LogP contribution in [0.15, 0.2) is 24.3 Å². The monoisotopic (exact) mass is 279 g/mol. The third kappa shape index (κ3) is 2.94. The summed E-state index contributed by atoms with van der Waals surface area (Å²) in [5.74, 6) is -0.265. The molecular weight excluding hydrogens is 257 g/mol. The van der Waals surface area contributed by atoms with Crippen LogP contribution in [0.2, 0.25) is 0 Å². The molecular formula is C16H22FNO2. The molecule has 0 N–H and O–H groups in total. The van der Waals surface area contributed by atoms with Crippen molar-refractivity contribution in [3.05, 3.63) is 35.6 Å². The van der Waals surface area contributed by atoms with Crippen molar-refractivity contribution in [1.82, 2.24) is 4.90 Å². The molecule has 3 nitrogen and oxygen atoms in total. The van der Waals surface area contributed by atoms with Crippen molar-refractivity contribution in [2.75, 3.05) is 6.54 Å². The first kappa shape index (κ1) is 14.8. The number of nitrogens with zero attached hydrogens (tertiary/aromatic N) is 1. The van der Waals surface area contributed by atoms with E-state index < -0.39 is 11.1 Å². The van der Waals surface area contributed by atoms with Gasteiger partial charge in [0.15, 0.2) is 0 Å². The van der Waals surface area contributed by atoms with Crippen LogP contribution in [-0.4, -0.2) is 23.1 Å². The largest absolute Gasteiger partial charge is 0.444 e. The number of hydrogen-bond donors (Lipinski definition) is 0. The van der Waals surface area contributed by atoms with E-state index in [9.17, 15) is 9.18 Å². The second kappa shape index (κ2) is 5.08. The minimum absolute atomic E-state index is 0.265. The minimum Gasteiger partial charge on any atom is -0.444 e. The van der Waals surface area contributed by atoms with E-state index in [1.807, 2.05) is 27.7 Å². The zero-order valence-electron chi connectivity index (χ0n) is 12.6. The Morgan fingerprint density at radius 1 is 1.30 bits per heavy atom. The SMILES string of the molecule is CC(C)(C)OC(=O)N1CCCC1(C)c1ccc(F)cc1. The molecule has 110 valence electrons. The molecule has 0 spiro atoms. The molecule has 2 rings (SSSR count). The molecule has 1 aromatic rings. The van der Waals surface area contributed by atoms with Crippen LogP contribution in [0.4, 0.5) is 9.18 Å². The van der Waals surface area contributed by atoms with Crippen molar-refractivity contribution in [3.8, 4) is 0 Å².